The molecule has 0 fully saturated rings. The van der Waals surface area contributed by atoms with Crippen LogP contribution in [-0.4, -0.2) is 53.5 Å². The van der Waals surface area contributed by atoms with Crippen molar-refractivity contribution in [3.05, 3.63) is 65.2 Å². The van der Waals surface area contributed by atoms with Crippen molar-refractivity contribution in [2.45, 2.75) is 46.3 Å². The molecular formula is C26H33FN4O5. The lowest BCUT2D eigenvalue weighted by atomic mass is 9.96. The van der Waals surface area contributed by atoms with Gasteiger partial charge in [-0.15, -0.1) is 0 Å². The quantitative estimate of drug-likeness (QED) is 0.236. The number of ether oxygens (including phenoxy) is 2. The molecule has 0 saturated carbocycles. The highest BCUT2D eigenvalue weighted by atomic mass is 19.1. The predicted octanol–water partition coefficient (Wildman–Crippen LogP) is 3.23. The molecule has 9 nitrogen and oxygen atoms in total. The molecule has 0 aliphatic heterocycles. The summed E-state index contributed by atoms with van der Waals surface area (Å²) in [6.07, 6.45) is 2.01. The van der Waals surface area contributed by atoms with Gasteiger partial charge >= 0.3 is 5.97 Å². The third kappa shape index (κ3) is 6.45. The fraction of sp³-hybridized carbons (Fsp3) is 0.385. The predicted molar refractivity (Wildman–Crippen MR) is 133 cm³/mol. The van der Waals surface area contributed by atoms with Gasteiger partial charge in [-0.2, -0.15) is 5.10 Å². The second kappa shape index (κ2) is 13.3. The molecule has 2 N–H and O–H groups in total. The first-order chi connectivity index (χ1) is 17.3. The van der Waals surface area contributed by atoms with E-state index >= 15 is 0 Å². The van der Waals surface area contributed by atoms with E-state index in [9.17, 15) is 18.8 Å². The Morgan fingerprint density at radius 2 is 1.94 bits per heavy atom. The van der Waals surface area contributed by atoms with Gasteiger partial charge in [0.1, 0.15) is 18.2 Å². The first kappa shape index (κ1) is 28.4. The van der Waals surface area contributed by atoms with Crippen LogP contribution in [0.15, 0.2) is 42.6 Å². The lowest BCUT2D eigenvalue weighted by molar-refractivity contribution is -0.152. The van der Waals surface area contributed by atoms with Crippen molar-refractivity contribution in [3.63, 3.8) is 0 Å². The van der Waals surface area contributed by atoms with Gasteiger partial charge in [0.05, 0.1) is 23.4 Å². The summed E-state index contributed by atoms with van der Waals surface area (Å²) in [5, 5.41) is 9.75. The van der Waals surface area contributed by atoms with Gasteiger partial charge in [-0.25, -0.2) is 13.7 Å². The van der Waals surface area contributed by atoms with Crippen LogP contribution < -0.4 is 15.4 Å². The number of nitrogens with one attached hydrogen (secondary N) is 2. The maximum Gasteiger partial charge on any atom is 0.339 e. The molecule has 10 heteroatoms. The van der Waals surface area contributed by atoms with Crippen LogP contribution in [0.4, 0.5) is 4.39 Å². The number of esters is 1. The summed E-state index contributed by atoms with van der Waals surface area (Å²) in [4.78, 5) is 37.9. The van der Waals surface area contributed by atoms with E-state index in [1.807, 2.05) is 13.8 Å². The third-order valence-electron chi connectivity index (χ3n) is 5.31. The molecule has 0 spiro atoms. The Balaban J connectivity index is 0.00000222. The van der Waals surface area contributed by atoms with E-state index in [4.69, 9.17) is 9.47 Å². The minimum Gasteiger partial charge on any atom is -0.489 e. The summed E-state index contributed by atoms with van der Waals surface area (Å²) in [6.45, 7) is 7.61. The lowest BCUT2D eigenvalue weighted by Crippen LogP contribution is -2.58. The number of fused-ring (bicyclic) bond motifs is 1. The summed E-state index contributed by atoms with van der Waals surface area (Å²) >= 11 is 0. The fourth-order valence-electron chi connectivity index (χ4n) is 3.49. The molecule has 36 heavy (non-hydrogen) atoms. The SMILES string of the molecule is CC.CCOC(=O)C(C=O)(CCNC)NC(=O)c1c(C)nn2ccc(OCc3ccccc3F)cc12. The van der Waals surface area contributed by atoms with E-state index in [2.05, 4.69) is 15.7 Å². The Morgan fingerprint density at radius 1 is 1.22 bits per heavy atom. The molecule has 0 aliphatic carbocycles. The van der Waals surface area contributed by atoms with Crippen LogP contribution in [0, 0.1) is 12.7 Å². The Labute approximate surface area is 210 Å². The van der Waals surface area contributed by atoms with Crippen LogP contribution in [0.2, 0.25) is 0 Å². The normalized spacial score (nSPS) is 12.2. The van der Waals surface area contributed by atoms with Gasteiger partial charge in [-0.05, 0) is 39.6 Å². The number of aryl methyl sites for hydroxylation is 1. The third-order valence-corrected chi connectivity index (χ3v) is 5.31. The standard InChI is InChI=1S/C24H27FN4O5.C2H6/c1-4-33-23(32)24(15-30,10-11-26-3)27-22(31)21-16(2)28-29-12-9-18(13-20(21)29)34-14-17-7-5-6-8-19(17)25;1-2/h5-9,12-13,15,26H,4,10-11,14H2,1-3H3,(H,27,31);1-2H3. The summed E-state index contributed by atoms with van der Waals surface area (Å²) in [5.41, 5.74) is -0.495. The maximum absolute atomic E-state index is 13.9. The molecule has 0 radical (unpaired) electrons. The fourth-order valence-corrected chi connectivity index (χ4v) is 3.49. The second-order valence-electron chi connectivity index (χ2n) is 7.65. The molecule has 0 saturated heterocycles. The molecule has 1 aromatic carbocycles. The lowest BCUT2D eigenvalue weighted by Gasteiger charge is -2.27. The molecule has 1 amide bonds. The van der Waals surface area contributed by atoms with Gasteiger partial charge in [-0.3, -0.25) is 4.79 Å². The first-order valence-electron chi connectivity index (χ1n) is 11.8. The van der Waals surface area contributed by atoms with Crippen LogP contribution in [0.3, 0.4) is 0 Å². The van der Waals surface area contributed by atoms with Gasteiger partial charge in [0, 0.05) is 24.2 Å². The van der Waals surface area contributed by atoms with E-state index in [-0.39, 0.29) is 31.0 Å². The number of rotatable bonds is 11. The Hall–Kier alpha value is -3.79. The van der Waals surface area contributed by atoms with Crippen LogP contribution in [0.5, 0.6) is 5.75 Å². The highest BCUT2D eigenvalue weighted by Gasteiger charge is 2.42. The van der Waals surface area contributed by atoms with Crippen LogP contribution in [0.1, 0.15) is 48.8 Å². The number of benzene rings is 1. The van der Waals surface area contributed by atoms with E-state index in [0.29, 0.717) is 35.4 Å². The zero-order chi connectivity index (χ0) is 26.7. The number of hydrogen-bond donors (Lipinski definition) is 2. The smallest absolute Gasteiger partial charge is 0.339 e. The van der Waals surface area contributed by atoms with Crippen molar-refractivity contribution < 1.29 is 28.2 Å². The summed E-state index contributed by atoms with van der Waals surface area (Å²) in [7, 11) is 1.67. The molecule has 2 heterocycles. The number of carbonyl (C=O) groups excluding carboxylic acids is 3. The van der Waals surface area contributed by atoms with Crippen LogP contribution in [-0.2, 0) is 20.9 Å². The molecule has 0 bridgehead atoms. The molecule has 1 atom stereocenters. The molecule has 2 aromatic heterocycles. The van der Waals surface area contributed by atoms with Crippen molar-refractivity contribution in [2.24, 2.45) is 0 Å². The van der Waals surface area contributed by atoms with E-state index in [0.717, 1.165) is 0 Å². The zero-order valence-electron chi connectivity index (χ0n) is 21.3. The Bertz CT molecular complexity index is 1200. The number of aromatic nitrogens is 2. The highest BCUT2D eigenvalue weighted by Crippen LogP contribution is 2.23. The van der Waals surface area contributed by atoms with Crippen LogP contribution >= 0.6 is 0 Å². The maximum atomic E-state index is 13.9. The van der Waals surface area contributed by atoms with Crippen molar-refractivity contribution in [3.8, 4) is 5.75 Å². The van der Waals surface area contributed by atoms with Gasteiger partial charge in [0.15, 0.2) is 11.8 Å². The van der Waals surface area contributed by atoms with E-state index < -0.39 is 17.4 Å². The Morgan fingerprint density at radius 3 is 2.58 bits per heavy atom. The number of nitrogens with zero attached hydrogens (tertiary/aromatic N) is 2. The number of pyridine rings is 1. The minimum absolute atomic E-state index is 0.00136. The molecule has 3 aromatic rings. The topological polar surface area (TPSA) is 111 Å². The van der Waals surface area contributed by atoms with Gasteiger partial charge in [0.2, 0.25) is 0 Å². The number of hydrogen-bond acceptors (Lipinski definition) is 7. The van der Waals surface area contributed by atoms with E-state index in [1.54, 1.807) is 57.4 Å². The molecule has 3 rings (SSSR count). The summed E-state index contributed by atoms with van der Waals surface area (Å²) in [5.74, 6) is -1.48. The van der Waals surface area contributed by atoms with Crippen molar-refractivity contribution in [1.82, 2.24) is 20.2 Å². The van der Waals surface area contributed by atoms with Gasteiger partial charge in [-0.1, -0.05) is 32.0 Å². The number of halogens is 1. The van der Waals surface area contributed by atoms with Gasteiger partial charge in [0.25, 0.3) is 5.91 Å². The number of carbonyl (C=O) groups is 3. The molecular weight excluding hydrogens is 467 g/mol. The second-order valence-corrected chi connectivity index (χ2v) is 7.65. The van der Waals surface area contributed by atoms with E-state index in [1.165, 1.54) is 10.6 Å². The first-order valence-corrected chi connectivity index (χ1v) is 11.8. The minimum atomic E-state index is -1.85. The summed E-state index contributed by atoms with van der Waals surface area (Å²) in [6, 6.07) is 9.51. The van der Waals surface area contributed by atoms with Crippen molar-refractivity contribution in [1.29, 1.82) is 0 Å². The van der Waals surface area contributed by atoms with Crippen LogP contribution in [0.25, 0.3) is 5.52 Å². The molecule has 0 aliphatic rings. The highest BCUT2D eigenvalue weighted by molar-refractivity contribution is 6.09. The molecule has 194 valence electrons. The monoisotopic (exact) mass is 500 g/mol. The molecule has 1 unspecified atom stereocenters. The average molecular weight is 501 g/mol. The zero-order valence-corrected chi connectivity index (χ0v) is 21.3. The summed E-state index contributed by atoms with van der Waals surface area (Å²) < 4.78 is 26.2. The Kier molecular flexibility index (Phi) is 10.5. The van der Waals surface area contributed by atoms with Crippen molar-refractivity contribution in [2.75, 3.05) is 20.2 Å². The largest absolute Gasteiger partial charge is 0.489 e. The van der Waals surface area contributed by atoms with Gasteiger partial charge < -0.3 is 24.9 Å². The average Bonchev–Trinajstić information content (AvgIpc) is 3.22. The number of aldehydes is 1. The van der Waals surface area contributed by atoms with Crippen molar-refractivity contribution >= 4 is 23.7 Å². The number of amides is 1.